The van der Waals surface area contributed by atoms with Crippen molar-refractivity contribution in [3.05, 3.63) is 76.8 Å². The number of aryl methyl sites for hydroxylation is 1. The molecule has 0 bridgehead atoms. The van der Waals surface area contributed by atoms with Crippen LogP contribution in [0.15, 0.2) is 56.5 Å². The molecule has 0 spiro atoms. The van der Waals surface area contributed by atoms with Crippen LogP contribution >= 0.6 is 58.3 Å². The fourth-order valence-electron chi connectivity index (χ4n) is 4.05. The van der Waals surface area contributed by atoms with Crippen molar-refractivity contribution in [3.63, 3.8) is 0 Å². The predicted molar refractivity (Wildman–Crippen MR) is 157 cm³/mol. The molecule has 2 heterocycles. The largest absolute Gasteiger partial charge is 0.465 e. The van der Waals surface area contributed by atoms with Crippen LogP contribution in [-0.2, 0) is 19.1 Å². The fourth-order valence-corrected chi connectivity index (χ4v) is 7.70. The standard InChI is InChI=1S/C26H22INO5S3/c1-13-10-11-15-17(12-13)28(22(29)14-8-6-7-9-16(14)27)26(2,3)21(34)18(15)25-35-19(23(30)32-4)20(36-25)24(31)33-5/h6-12H,1-5H3. The number of ether oxygens (including phenoxy) is 2. The summed E-state index contributed by atoms with van der Waals surface area (Å²) >= 11 is 10.5. The number of fused-ring (bicyclic) bond motifs is 1. The van der Waals surface area contributed by atoms with E-state index in [-0.39, 0.29) is 15.7 Å². The van der Waals surface area contributed by atoms with Gasteiger partial charge in [-0.1, -0.05) is 60.0 Å². The number of anilines is 1. The van der Waals surface area contributed by atoms with Crippen molar-refractivity contribution < 1.29 is 23.9 Å². The number of amides is 1. The molecule has 0 saturated carbocycles. The molecule has 6 nitrogen and oxygen atoms in total. The van der Waals surface area contributed by atoms with Crippen LogP contribution in [0.1, 0.15) is 35.3 Å². The molecule has 4 rings (SSSR count). The number of carbonyl (C=O) groups is 3. The maximum atomic E-state index is 13.9. The zero-order valence-corrected chi connectivity index (χ0v) is 24.7. The van der Waals surface area contributed by atoms with Gasteiger partial charge in [0.25, 0.3) is 5.91 Å². The Bertz CT molecular complexity index is 1370. The maximum absolute atomic E-state index is 13.9. The summed E-state index contributed by atoms with van der Waals surface area (Å²) in [5.74, 6) is -1.40. The van der Waals surface area contributed by atoms with Gasteiger partial charge in [0.1, 0.15) is 9.81 Å². The van der Waals surface area contributed by atoms with Crippen LogP contribution in [0.2, 0.25) is 0 Å². The van der Waals surface area contributed by atoms with Gasteiger partial charge in [-0.2, -0.15) is 0 Å². The lowest BCUT2D eigenvalue weighted by Crippen LogP contribution is -2.56. The van der Waals surface area contributed by atoms with E-state index in [0.717, 1.165) is 38.2 Å². The van der Waals surface area contributed by atoms with Crippen molar-refractivity contribution in [2.45, 2.75) is 26.3 Å². The van der Waals surface area contributed by atoms with Crippen LogP contribution in [0.4, 0.5) is 5.69 Å². The minimum Gasteiger partial charge on any atom is -0.465 e. The summed E-state index contributed by atoms with van der Waals surface area (Å²) in [5, 5.41) is 0. The number of carbonyl (C=O) groups excluding carboxylic acids is 3. The van der Waals surface area contributed by atoms with Crippen molar-refractivity contribution in [2.75, 3.05) is 19.1 Å². The first-order chi connectivity index (χ1) is 17.0. The second kappa shape index (κ2) is 10.3. The van der Waals surface area contributed by atoms with Crippen molar-refractivity contribution in [2.24, 2.45) is 0 Å². The number of methoxy groups -OCH3 is 2. The molecular weight excluding hydrogens is 629 g/mol. The highest BCUT2D eigenvalue weighted by molar-refractivity contribution is 14.1. The third-order valence-corrected chi connectivity index (χ3v) is 10.1. The van der Waals surface area contributed by atoms with Crippen molar-refractivity contribution >= 4 is 92.3 Å². The third-order valence-electron chi connectivity index (χ3n) is 5.85. The lowest BCUT2D eigenvalue weighted by atomic mass is 9.82. The van der Waals surface area contributed by atoms with Crippen LogP contribution in [0.5, 0.6) is 0 Å². The number of nitrogens with zero attached hydrogens (tertiary/aromatic N) is 1. The quantitative estimate of drug-likeness (QED) is 0.170. The van der Waals surface area contributed by atoms with Crippen LogP contribution in [-0.4, -0.2) is 42.5 Å². The minimum absolute atomic E-state index is 0.154. The first-order valence-corrected chi connectivity index (χ1v) is 13.9. The number of esters is 2. The summed E-state index contributed by atoms with van der Waals surface area (Å²) < 4.78 is 11.3. The molecule has 0 atom stereocenters. The zero-order valence-electron chi connectivity index (χ0n) is 20.1. The third kappa shape index (κ3) is 4.52. The molecule has 0 unspecified atom stereocenters. The maximum Gasteiger partial charge on any atom is 0.346 e. The summed E-state index contributed by atoms with van der Waals surface area (Å²) in [6.45, 7) is 5.79. The SMILES string of the molecule is COC(=O)C1=C(C(=O)OC)SC(=C2C(=S)C(C)(C)N(C(=O)c3ccccc3I)c3cc(C)ccc32)S1. The van der Waals surface area contributed by atoms with Crippen molar-refractivity contribution in [1.29, 1.82) is 0 Å². The fraction of sp³-hybridized carbons (Fsp3) is 0.231. The second-order valence-corrected chi connectivity index (χ2v) is 12.4. The van der Waals surface area contributed by atoms with Gasteiger partial charge >= 0.3 is 11.9 Å². The van der Waals surface area contributed by atoms with E-state index in [0.29, 0.717) is 25.9 Å². The van der Waals surface area contributed by atoms with Crippen LogP contribution in [0.3, 0.4) is 0 Å². The van der Waals surface area contributed by atoms with E-state index < -0.39 is 17.5 Å². The van der Waals surface area contributed by atoms with Gasteiger partial charge in [0.2, 0.25) is 0 Å². The number of thioether (sulfide) groups is 2. The van der Waals surface area contributed by atoms with Crippen molar-refractivity contribution in [1.82, 2.24) is 0 Å². The molecule has 0 aliphatic carbocycles. The van der Waals surface area contributed by atoms with E-state index in [4.69, 9.17) is 21.7 Å². The van der Waals surface area contributed by atoms with Gasteiger partial charge in [0.15, 0.2) is 0 Å². The highest BCUT2D eigenvalue weighted by atomic mass is 127. The molecular formula is C26H22INO5S3. The van der Waals surface area contributed by atoms with Crippen LogP contribution in [0, 0.1) is 10.5 Å². The molecule has 186 valence electrons. The Labute approximate surface area is 237 Å². The summed E-state index contributed by atoms with van der Waals surface area (Å²) in [5.41, 5.74) is 2.88. The zero-order chi connectivity index (χ0) is 26.4. The highest BCUT2D eigenvalue weighted by Gasteiger charge is 2.46. The predicted octanol–water partition coefficient (Wildman–Crippen LogP) is 6.11. The molecule has 2 aromatic carbocycles. The van der Waals surface area contributed by atoms with Gasteiger partial charge in [-0.25, -0.2) is 9.59 Å². The number of rotatable bonds is 3. The molecule has 0 N–H and O–H groups in total. The van der Waals surface area contributed by atoms with Gasteiger partial charge in [-0.05, 0) is 67.1 Å². The second-order valence-electron chi connectivity index (χ2n) is 8.54. The Balaban J connectivity index is 1.93. The smallest absolute Gasteiger partial charge is 0.346 e. The Hall–Kier alpha value is -2.15. The molecule has 2 aromatic rings. The summed E-state index contributed by atoms with van der Waals surface area (Å²) in [6.07, 6.45) is 0. The molecule has 1 amide bonds. The minimum atomic E-state index is -0.880. The number of benzene rings is 2. The molecule has 2 aliphatic rings. The van der Waals surface area contributed by atoms with E-state index in [1.807, 2.05) is 63.2 Å². The van der Waals surface area contributed by atoms with Gasteiger partial charge < -0.3 is 9.47 Å². The first-order valence-electron chi connectivity index (χ1n) is 10.8. The number of hydrogen-bond donors (Lipinski definition) is 0. The lowest BCUT2D eigenvalue weighted by Gasteiger charge is -2.45. The molecule has 0 saturated heterocycles. The topological polar surface area (TPSA) is 72.9 Å². The average Bonchev–Trinajstić information content (AvgIpc) is 3.29. The highest BCUT2D eigenvalue weighted by Crippen LogP contribution is 2.56. The van der Waals surface area contributed by atoms with E-state index in [9.17, 15) is 14.4 Å². The molecule has 36 heavy (non-hydrogen) atoms. The Morgan fingerprint density at radius 1 is 0.972 bits per heavy atom. The first kappa shape index (κ1) is 26.9. The van der Waals surface area contributed by atoms with Gasteiger partial charge in [0, 0.05) is 14.7 Å². The van der Waals surface area contributed by atoms with E-state index in [1.54, 1.807) is 4.90 Å². The Kier molecular flexibility index (Phi) is 7.70. The molecule has 0 aromatic heterocycles. The number of thiocarbonyl (C=S) groups is 1. The molecule has 0 fully saturated rings. The van der Waals surface area contributed by atoms with Gasteiger partial charge in [-0.3, -0.25) is 9.69 Å². The number of halogens is 1. The van der Waals surface area contributed by atoms with E-state index in [1.165, 1.54) is 14.2 Å². The molecule has 10 heteroatoms. The normalized spacial score (nSPS) is 16.7. The summed E-state index contributed by atoms with van der Waals surface area (Å²) in [7, 11) is 2.53. The lowest BCUT2D eigenvalue weighted by molar-refractivity contribution is -0.138. The summed E-state index contributed by atoms with van der Waals surface area (Å²) in [6, 6.07) is 13.3. The Morgan fingerprint density at radius 3 is 2.11 bits per heavy atom. The molecule has 2 aliphatic heterocycles. The van der Waals surface area contributed by atoms with E-state index in [2.05, 4.69) is 22.6 Å². The average molecular weight is 652 g/mol. The van der Waals surface area contributed by atoms with Gasteiger partial charge in [-0.15, -0.1) is 0 Å². The van der Waals surface area contributed by atoms with Crippen LogP contribution in [0.25, 0.3) is 5.57 Å². The summed E-state index contributed by atoms with van der Waals surface area (Å²) in [4.78, 5) is 41.5. The van der Waals surface area contributed by atoms with E-state index >= 15 is 0 Å². The Morgan fingerprint density at radius 2 is 1.56 bits per heavy atom. The number of hydrogen-bond acceptors (Lipinski definition) is 8. The van der Waals surface area contributed by atoms with Gasteiger partial charge in [0.05, 0.1) is 40.1 Å². The monoisotopic (exact) mass is 651 g/mol. The van der Waals surface area contributed by atoms with Crippen molar-refractivity contribution in [3.8, 4) is 0 Å². The van der Waals surface area contributed by atoms with Crippen LogP contribution < -0.4 is 4.90 Å². The molecule has 0 radical (unpaired) electrons.